The number of nitrogens with one attached hydrogen (secondary N) is 1. The summed E-state index contributed by atoms with van der Waals surface area (Å²) in [5, 5.41) is 12.8. The number of aromatic nitrogens is 4. The van der Waals surface area contributed by atoms with E-state index in [0.29, 0.717) is 0 Å². The molecule has 0 spiro atoms. The molecule has 1 unspecified atom stereocenters. The Bertz CT molecular complexity index is 735. The molecule has 1 atom stereocenters. The Labute approximate surface area is 127 Å². The summed E-state index contributed by atoms with van der Waals surface area (Å²) in [6.45, 7) is 3.64. The van der Waals surface area contributed by atoms with Crippen LogP contribution in [0.15, 0.2) is 36.0 Å². The summed E-state index contributed by atoms with van der Waals surface area (Å²) < 4.78 is 29.6. The maximum absolute atomic E-state index is 12.2. The molecule has 0 aliphatic heterocycles. The average molecular weight is 327 g/mol. The Balaban J connectivity index is 2.18. The van der Waals surface area contributed by atoms with Gasteiger partial charge in [0, 0.05) is 24.6 Å². The summed E-state index contributed by atoms with van der Waals surface area (Å²) in [6, 6.07) is 0.336. The van der Waals surface area contributed by atoms with Crippen molar-refractivity contribution in [3.63, 3.8) is 0 Å². The van der Waals surface area contributed by atoms with Crippen LogP contribution in [0.1, 0.15) is 19.9 Å². The van der Waals surface area contributed by atoms with E-state index in [4.69, 9.17) is 0 Å². The van der Waals surface area contributed by atoms with Gasteiger partial charge < -0.3 is 9.67 Å². The third kappa shape index (κ3) is 3.71. The van der Waals surface area contributed by atoms with E-state index in [0.717, 1.165) is 0 Å². The lowest BCUT2D eigenvalue weighted by atomic mass is 10.3. The Morgan fingerprint density at radius 3 is 2.68 bits per heavy atom. The highest BCUT2D eigenvalue weighted by atomic mass is 32.2. The van der Waals surface area contributed by atoms with Crippen LogP contribution in [-0.4, -0.2) is 44.9 Å². The topological polar surface area (TPSA) is 119 Å². The normalized spacial score (nSPS) is 13.4. The van der Waals surface area contributed by atoms with Gasteiger partial charge in [-0.15, -0.1) is 0 Å². The second-order valence-electron chi connectivity index (χ2n) is 4.99. The fraction of sp³-hybridized carbons (Fsp3) is 0.417. The number of carbonyl (C=O) groups is 1. The predicted molar refractivity (Wildman–Crippen MR) is 76.6 cm³/mol. The van der Waals surface area contributed by atoms with Crippen LogP contribution in [0.4, 0.5) is 0 Å². The molecule has 0 fully saturated rings. The summed E-state index contributed by atoms with van der Waals surface area (Å²) in [5.41, 5.74) is 0. The summed E-state index contributed by atoms with van der Waals surface area (Å²) in [7, 11) is -4.02. The molecule has 9 nitrogen and oxygen atoms in total. The van der Waals surface area contributed by atoms with Crippen LogP contribution in [0.5, 0.6) is 0 Å². The minimum atomic E-state index is -4.02. The maximum Gasteiger partial charge on any atom is 0.323 e. The van der Waals surface area contributed by atoms with Crippen molar-refractivity contribution in [2.75, 3.05) is 0 Å². The Kier molecular flexibility index (Phi) is 4.62. The lowest BCUT2D eigenvalue weighted by molar-refractivity contribution is -0.139. The first-order valence-electron chi connectivity index (χ1n) is 6.55. The average Bonchev–Trinajstić information content (AvgIpc) is 3.08. The van der Waals surface area contributed by atoms with Crippen molar-refractivity contribution >= 4 is 16.0 Å². The second-order valence-corrected chi connectivity index (χ2v) is 6.65. The largest absolute Gasteiger partial charge is 0.480 e. The number of carboxylic acid groups (broad SMARTS) is 1. The molecule has 0 radical (unpaired) electrons. The number of imidazole rings is 1. The lowest BCUT2D eigenvalue weighted by Gasteiger charge is -2.13. The number of hydrogen-bond acceptors (Lipinski definition) is 5. The molecule has 2 rings (SSSR count). The van der Waals surface area contributed by atoms with Gasteiger partial charge >= 0.3 is 5.97 Å². The van der Waals surface area contributed by atoms with Gasteiger partial charge in [0.05, 0.1) is 12.9 Å². The molecule has 2 N–H and O–H groups in total. The van der Waals surface area contributed by atoms with E-state index in [1.807, 2.05) is 13.8 Å². The van der Waals surface area contributed by atoms with Gasteiger partial charge in [-0.25, -0.2) is 13.4 Å². The fourth-order valence-corrected chi connectivity index (χ4v) is 2.86. The molecule has 0 saturated carbocycles. The van der Waals surface area contributed by atoms with Crippen molar-refractivity contribution in [3.05, 3.63) is 31.0 Å². The first-order valence-corrected chi connectivity index (χ1v) is 8.04. The van der Waals surface area contributed by atoms with Crippen LogP contribution in [0.25, 0.3) is 0 Å². The van der Waals surface area contributed by atoms with E-state index in [-0.39, 0.29) is 17.6 Å². The number of nitrogens with zero attached hydrogens (tertiary/aromatic N) is 4. The van der Waals surface area contributed by atoms with Crippen molar-refractivity contribution < 1.29 is 18.3 Å². The number of aliphatic carboxylic acids is 1. The van der Waals surface area contributed by atoms with Gasteiger partial charge in [0.1, 0.15) is 6.04 Å². The molecule has 0 amide bonds. The SMILES string of the molecule is CC(C)n1cnc(S(=O)(=O)NC(Cn2cccn2)C(=O)O)c1. The molecule has 2 aromatic heterocycles. The third-order valence-corrected chi connectivity index (χ3v) is 4.33. The highest BCUT2D eigenvalue weighted by Gasteiger charge is 2.27. The minimum absolute atomic E-state index is 0.0517. The van der Waals surface area contributed by atoms with Crippen LogP contribution >= 0.6 is 0 Å². The maximum atomic E-state index is 12.2. The van der Waals surface area contributed by atoms with E-state index < -0.39 is 22.0 Å². The zero-order valence-corrected chi connectivity index (χ0v) is 12.9. The Morgan fingerprint density at radius 1 is 1.45 bits per heavy atom. The van der Waals surface area contributed by atoms with Crippen LogP contribution in [-0.2, 0) is 21.4 Å². The molecule has 0 aromatic carbocycles. The van der Waals surface area contributed by atoms with Crippen LogP contribution in [0.3, 0.4) is 0 Å². The van der Waals surface area contributed by atoms with Crippen molar-refractivity contribution in [3.8, 4) is 0 Å². The standard InChI is InChI=1S/C12H17N5O4S/c1-9(2)16-7-11(13-8-16)22(20,21)15-10(12(18)19)6-17-5-3-4-14-17/h3-5,7-10,15H,6H2,1-2H3,(H,18,19). The molecule has 0 aliphatic rings. The number of hydrogen-bond donors (Lipinski definition) is 2. The van der Waals surface area contributed by atoms with Crippen molar-refractivity contribution in [1.29, 1.82) is 0 Å². The molecule has 22 heavy (non-hydrogen) atoms. The van der Waals surface area contributed by atoms with Crippen molar-refractivity contribution in [2.45, 2.75) is 37.5 Å². The van der Waals surface area contributed by atoms with Gasteiger partial charge in [0.25, 0.3) is 10.0 Å². The zero-order chi connectivity index (χ0) is 16.3. The van der Waals surface area contributed by atoms with Gasteiger partial charge in [-0.05, 0) is 19.9 Å². The van der Waals surface area contributed by atoms with Gasteiger partial charge in [-0.2, -0.15) is 9.82 Å². The molecule has 0 aliphatic carbocycles. The first kappa shape index (κ1) is 16.2. The van der Waals surface area contributed by atoms with Crippen molar-refractivity contribution in [2.24, 2.45) is 0 Å². The third-order valence-electron chi connectivity index (χ3n) is 2.97. The number of sulfonamides is 1. The minimum Gasteiger partial charge on any atom is -0.480 e. The van der Waals surface area contributed by atoms with Crippen LogP contribution in [0, 0.1) is 0 Å². The Morgan fingerprint density at radius 2 is 2.18 bits per heavy atom. The predicted octanol–water partition coefficient (Wildman–Crippen LogP) is 0.0922. The van der Waals surface area contributed by atoms with E-state index in [9.17, 15) is 18.3 Å². The first-order chi connectivity index (χ1) is 10.3. The lowest BCUT2D eigenvalue weighted by Crippen LogP contribution is -2.43. The van der Waals surface area contributed by atoms with Crippen LogP contribution < -0.4 is 4.72 Å². The van der Waals surface area contributed by atoms with Gasteiger partial charge in [0.2, 0.25) is 0 Å². The van der Waals surface area contributed by atoms with Gasteiger partial charge in [-0.1, -0.05) is 0 Å². The second kappa shape index (κ2) is 6.28. The highest BCUT2D eigenvalue weighted by molar-refractivity contribution is 7.89. The van der Waals surface area contributed by atoms with E-state index in [1.165, 1.54) is 23.4 Å². The fourth-order valence-electron chi connectivity index (χ4n) is 1.75. The van der Waals surface area contributed by atoms with E-state index in [1.54, 1.807) is 16.8 Å². The molecule has 10 heteroatoms. The van der Waals surface area contributed by atoms with Gasteiger partial charge in [0.15, 0.2) is 5.03 Å². The highest BCUT2D eigenvalue weighted by Crippen LogP contribution is 2.11. The number of rotatable bonds is 7. The smallest absolute Gasteiger partial charge is 0.323 e. The summed E-state index contributed by atoms with van der Waals surface area (Å²) >= 11 is 0. The Hall–Kier alpha value is -2.20. The molecular formula is C12H17N5O4S. The molecule has 2 aromatic rings. The molecule has 0 bridgehead atoms. The van der Waals surface area contributed by atoms with E-state index in [2.05, 4.69) is 14.8 Å². The van der Waals surface area contributed by atoms with Gasteiger partial charge in [-0.3, -0.25) is 9.48 Å². The summed E-state index contributed by atoms with van der Waals surface area (Å²) in [5.74, 6) is -1.29. The van der Waals surface area contributed by atoms with Crippen molar-refractivity contribution in [1.82, 2.24) is 24.1 Å². The van der Waals surface area contributed by atoms with E-state index >= 15 is 0 Å². The monoisotopic (exact) mass is 327 g/mol. The number of carboxylic acids is 1. The molecule has 0 saturated heterocycles. The molecular weight excluding hydrogens is 310 g/mol. The molecule has 2 heterocycles. The quantitative estimate of drug-likeness (QED) is 0.744. The molecule has 120 valence electrons. The van der Waals surface area contributed by atoms with Crippen LogP contribution in [0.2, 0.25) is 0 Å². The summed E-state index contributed by atoms with van der Waals surface area (Å²) in [4.78, 5) is 15.1. The zero-order valence-electron chi connectivity index (χ0n) is 12.1. The summed E-state index contributed by atoms with van der Waals surface area (Å²) in [6.07, 6.45) is 5.79.